The first-order valence-electron chi connectivity index (χ1n) is 4.60. The Bertz CT molecular complexity index is 300. The smallest absolute Gasteiger partial charge is 0.130 e. The van der Waals surface area contributed by atoms with Crippen LogP contribution < -0.4 is 5.73 Å². The van der Waals surface area contributed by atoms with Crippen LogP contribution in [0.1, 0.15) is 18.7 Å². The van der Waals surface area contributed by atoms with Crippen molar-refractivity contribution >= 4 is 27.3 Å². The first-order chi connectivity index (χ1) is 6.48. The van der Waals surface area contributed by atoms with Crippen molar-refractivity contribution in [3.05, 3.63) is 20.8 Å². The molecule has 0 aromatic carbocycles. The van der Waals surface area contributed by atoms with E-state index in [1.54, 1.807) is 11.3 Å². The van der Waals surface area contributed by atoms with Gasteiger partial charge in [-0.2, -0.15) is 0 Å². The van der Waals surface area contributed by atoms with Gasteiger partial charge in [-0.3, -0.25) is 0 Å². The third-order valence-corrected chi connectivity index (χ3v) is 4.16. The van der Waals surface area contributed by atoms with Crippen LogP contribution in [0.3, 0.4) is 0 Å². The molecular weight excluding hydrogens is 265 g/mol. The Kier molecular flexibility index (Phi) is 4.10. The third kappa shape index (κ3) is 2.78. The number of hydrogen-bond acceptors (Lipinski definition) is 2. The Morgan fingerprint density at radius 1 is 1.64 bits per heavy atom. The van der Waals surface area contributed by atoms with E-state index < -0.39 is 5.67 Å². The van der Waals surface area contributed by atoms with Gasteiger partial charge in [-0.25, -0.2) is 4.39 Å². The molecule has 0 spiro atoms. The van der Waals surface area contributed by atoms with Crippen LogP contribution in [-0.4, -0.2) is 12.2 Å². The van der Waals surface area contributed by atoms with E-state index in [0.29, 0.717) is 6.42 Å². The zero-order valence-electron chi connectivity index (χ0n) is 8.39. The Morgan fingerprint density at radius 3 is 2.64 bits per heavy atom. The molecule has 1 nitrogen and oxygen atoms in total. The number of rotatable bonds is 4. The van der Waals surface area contributed by atoms with E-state index in [4.69, 9.17) is 5.73 Å². The van der Waals surface area contributed by atoms with E-state index in [1.165, 1.54) is 0 Å². The maximum Gasteiger partial charge on any atom is 0.130 e. The monoisotopic (exact) mass is 279 g/mol. The molecule has 1 atom stereocenters. The van der Waals surface area contributed by atoms with Gasteiger partial charge in [0.15, 0.2) is 0 Å². The van der Waals surface area contributed by atoms with Gasteiger partial charge in [0.25, 0.3) is 0 Å². The fraction of sp³-hybridized carbons (Fsp3) is 0.600. The van der Waals surface area contributed by atoms with E-state index in [2.05, 4.69) is 15.9 Å². The van der Waals surface area contributed by atoms with E-state index in [9.17, 15) is 4.39 Å². The van der Waals surface area contributed by atoms with Gasteiger partial charge >= 0.3 is 0 Å². The zero-order chi connectivity index (χ0) is 10.8. The molecule has 1 rings (SSSR count). The summed E-state index contributed by atoms with van der Waals surface area (Å²) < 4.78 is 15.2. The van der Waals surface area contributed by atoms with E-state index >= 15 is 0 Å². The summed E-state index contributed by atoms with van der Waals surface area (Å²) in [4.78, 5) is 1.04. The molecule has 0 bridgehead atoms. The summed E-state index contributed by atoms with van der Waals surface area (Å²) in [5.74, 6) is -0.0478. The summed E-state index contributed by atoms with van der Waals surface area (Å²) in [7, 11) is 0. The van der Waals surface area contributed by atoms with Crippen molar-refractivity contribution in [1.82, 2.24) is 0 Å². The van der Waals surface area contributed by atoms with Crippen molar-refractivity contribution in [2.24, 2.45) is 11.7 Å². The molecule has 2 N–H and O–H groups in total. The molecule has 0 aliphatic rings. The average molecular weight is 280 g/mol. The van der Waals surface area contributed by atoms with E-state index in [0.717, 1.165) is 9.35 Å². The number of alkyl halides is 1. The summed E-state index contributed by atoms with van der Waals surface area (Å²) in [6, 6.07) is 1.96. The van der Waals surface area contributed by atoms with Crippen LogP contribution in [0, 0.1) is 5.92 Å². The SMILES string of the molecule is CC(C)C(F)(CN)Cc1cc(Br)cs1. The van der Waals surface area contributed by atoms with Crippen LogP contribution in [0.4, 0.5) is 4.39 Å². The maximum absolute atomic E-state index is 14.2. The van der Waals surface area contributed by atoms with Crippen molar-refractivity contribution in [2.75, 3.05) is 6.54 Å². The van der Waals surface area contributed by atoms with Crippen LogP contribution in [0.25, 0.3) is 0 Å². The molecule has 1 aromatic rings. The van der Waals surface area contributed by atoms with E-state index in [1.807, 2.05) is 25.3 Å². The lowest BCUT2D eigenvalue weighted by Gasteiger charge is -2.27. The average Bonchev–Trinajstić information content (AvgIpc) is 2.50. The largest absolute Gasteiger partial charge is 0.328 e. The minimum Gasteiger partial charge on any atom is -0.328 e. The first-order valence-corrected chi connectivity index (χ1v) is 6.27. The molecule has 4 heteroatoms. The van der Waals surface area contributed by atoms with Crippen LogP contribution in [0.15, 0.2) is 15.9 Å². The second-order valence-electron chi connectivity index (χ2n) is 3.80. The van der Waals surface area contributed by atoms with Gasteiger partial charge in [0.1, 0.15) is 5.67 Å². The number of nitrogens with two attached hydrogens (primary N) is 1. The van der Waals surface area contributed by atoms with Crippen LogP contribution in [0.5, 0.6) is 0 Å². The highest BCUT2D eigenvalue weighted by molar-refractivity contribution is 9.10. The van der Waals surface area contributed by atoms with Crippen molar-refractivity contribution in [2.45, 2.75) is 25.9 Å². The molecule has 0 fully saturated rings. The molecule has 0 radical (unpaired) electrons. The predicted octanol–water partition coefficient (Wildman–Crippen LogP) is 3.38. The van der Waals surface area contributed by atoms with Crippen molar-refractivity contribution < 1.29 is 4.39 Å². The fourth-order valence-corrected chi connectivity index (χ4v) is 2.81. The predicted molar refractivity (Wildman–Crippen MR) is 63.5 cm³/mol. The second-order valence-corrected chi connectivity index (χ2v) is 5.71. The van der Waals surface area contributed by atoms with Crippen LogP contribution in [-0.2, 0) is 6.42 Å². The van der Waals surface area contributed by atoms with Crippen LogP contribution in [0.2, 0.25) is 0 Å². The van der Waals surface area contributed by atoms with Gasteiger partial charge in [0, 0.05) is 27.7 Å². The normalized spacial score (nSPS) is 15.9. The number of thiophene rings is 1. The highest BCUT2D eigenvalue weighted by atomic mass is 79.9. The van der Waals surface area contributed by atoms with Gasteiger partial charge < -0.3 is 5.73 Å². The molecule has 0 aliphatic carbocycles. The lowest BCUT2D eigenvalue weighted by atomic mass is 9.88. The molecule has 14 heavy (non-hydrogen) atoms. The lowest BCUT2D eigenvalue weighted by Crippen LogP contribution is -2.40. The minimum absolute atomic E-state index is 0.0478. The van der Waals surface area contributed by atoms with Crippen molar-refractivity contribution in [3.8, 4) is 0 Å². The molecule has 0 aliphatic heterocycles. The van der Waals surface area contributed by atoms with Gasteiger partial charge in [0.2, 0.25) is 0 Å². The molecule has 1 aromatic heterocycles. The zero-order valence-corrected chi connectivity index (χ0v) is 10.8. The highest BCUT2D eigenvalue weighted by Gasteiger charge is 2.32. The summed E-state index contributed by atoms with van der Waals surface area (Å²) in [6.07, 6.45) is 0.414. The highest BCUT2D eigenvalue weighted by Crippen LogP contribution is 2.30. The van der Waals surface area contributed by atoms with Gasteiger partial charge in [-0.1, -0.05) is 13.8 Å². The summed E-state index contributed by atoms with van der Waals surface area (Å²) in [5.41, 5.74) is 4.21. The number of hydrogen-bond donors (Lipinski definition) is 1. The summed E-state index contributed by atoms with van der Waals surface area (Å²) >= 11 is 4.92. The molecule has 1 heterocycles. The standard InChI is InChI=1S/C10H15BrFNS/c1-7(2)10(12,6-13)4-9-3-8(11)5-14-9/h3,5,7H,4,6,13H2,1-2H3. The van der Waals surface area contributed by atoms with Gasteiger partial charge in [0.05, 0.1) is 0 Å². The van der Waals surface area contributed by atoms with Crippen molar-refractivity contribution in [1.29, 1.82) is 0 Å². The van der Waals surface area contributed by atoms with Gasteiger partial charge in [-0.05, 0) is 27.9 Å². The quantitative estimate of drug-likeness (QED) is 0.899. The fourth-order valence-electron chi connectivity index (χ4n) is 1.25. The first kappa shape index (κ1) is 12.1. The topological polar surface area (TPSA) is 26.0 Å². The molecule has 0 saturated carbocycles. The third-order valence-electron chi connectivity index (χ3n) is 2.46. The van der Waals surface area contributed by atoms with Crippen molar-refractivity contribution in [3.63, 3.8) is 0 Å². The Morgan fingerprint density at radius 2 is 2.29 bits per heavy atom. The number of halogens is 2. The lowest BCUT2D eigenvalue weighted by molar-refractivity contribution is 0.111. The summed E-state index contributed by atoms with van der Waals surface area (Å²) in [5, 5.41) is 1.96. The summed E-state index contributed by atoms with van der Waals surface area (Å²) in [6.45, 7) is 3.82. The van der Waals surface area contributed by atoms with Crippen LogP contribution >= 0.6 is 27.3 Å². The van der Waals surface area contributed by atoms with Gasteiger partial charge in [-0.15, -0.1) is 11.3 Å². The van der Waals surface area contributed by atoms with E-state index in [-0.39, 0.29) is 12.5 Å². The Labute approximate surface area is 96.6 Å². The second kappa shape index (κ2) is 4.73. The molecule has 1 unspecified atom stereocenters. The Hall–Kier alpha value is 0.0700. The molecular formula is C10H15BrFNS. The minimum atomic E-state index is -1.27. The Balaban J connectivity index is 2.75. The molecule has 0 saturated heterocycles. The molecule has 80 valence electrons. The maximum atomic E-state index is 14.2. The molecule has 0 amide bonds.